The second-order valence-electron chi connectivity index (χ2n) is 7.06. The number of amides is 2. The van der Waals surface area contributed by atoms with Crippen LogP contribution in [0.2, 0.25) is 0 Å². The monoisotopic (exact) mass is 264 g/mol. The van der Waals surface area contributed by atoms with Crippen molar-refractivity contribution in [2.75, 3.05) is 19.6 Å². The number of hydrogen-bond acceptors (Lipinski definition) is 2. The Bertz CT molecular complexity index is 401. The van der Waals surface area contributed by atoms with Crippen molar-refractivity contribution in [2.45, 2.75) is 52.0 Å². The molecule has 4 heteroatoms. The molecule has 2 saturated heterocycles. The summed E-state index contributed by atoms with van der Waals surface area (Å²) in [6.07, 6.45) is 5.16. The molecule has 0 bridgehead atoms. The zero-order valence-electron chi connectivity index (χ0n) is 12.0. The molecule has 1 unspecified atom stereocenters. The number of rotatable bonds is 3. The first kappa shape index (κ1) is 12.9. The minimum absolute atomic E-state index is 0.155. The lowest BCUT2D eigenvalue weighted by Crippen LogP contribution is -2.66. The summed E-state index contributed by atoms with van der Waals surface area (Å²) in [4.78, 5) is 27.9. The van der Waals surface area contributed by atoms with Crippen molar-refractivity contribution < 1.29 is 9.59 Å². The number of hydrogen-bond donors (Lipinski definition) is 0. The Hall–Kier alpha value is -1.06. The van der Waals surface area contributed by atoms with Crippen LogP contribution >= 0.6 is 0 Å². The second kappa shape index (κ2) is 4.50. The van der Waals surface area contributed by atoms with Gasteiger partial charge in [0.25, 0.3) is 0 Å². The first-order valence-corrected chi connectivity index (χ1v) is 7.56. The molecule has 0 aromatic rings. The quantitative estimate of drug-likeness (QED) is 0.777. The summed E-state index contributed by atoms with van der Waals surface area (Å²) in [5.41, 5.74) is 0.267. The molecule has 3 aliphatic rings. The van der Waals surface area contributed by atoms with Crippen molar-refractivity contribution in [2.24, 2.45) is 11.3 Å². The van der Waals surface area contributed by atoms with Gasteiger partial charge in [0.05, 0.1) is 6.54 Å². The van der Waals surface area contributed by atoms with Gasteiger partial charge in [-0.05, 0) is 31.6 Å². The fourth-order valence-corrected chi connectivity index (χ4v) is 3.77. The molecule has 0 aromatic heterocycles. The average Bonchev–Trinajstić information content (AvgIpc) is 3.13. The van der Waals surface area contributed by atoms with Gasteiger partial charge in [0.15, 0.2) is 0 Å². The lowest BCUT2D eigenvalue weighted by atomic mass is 9.72. The lowest BCUT2D eigenvalue weighted by Gasteiger charge is -2.55. The van der Waals surface area contributed by atoms with Gasteiger partial charge in [-0.15, -0.1) is 0 Å². The maximum absolute atomic E-state index is 12.4. The molecule has 0 spiro atoms. The van der Waals surface area contributed by atoms with Crippen LogP contribution < -0.4 is 0 Å². The summed E-state index contributed by atoms with van der Waals surface area (Å²) in [5, 5.41) is 0. The van der Waals surface area contributed by atoms with Gasteiger partial charge in [0.1, 0.15) is 0 Å². The van der Waals surface area contributed by atoms with Crippen LogP contribution in [-0.4, -0.2) is 47.3 Å². The highest BCUT2D eigenvalue weighted by Gasteiger charge is 2.54. The predicted octanol–water partition coefficient (Wildman–Crippen LogP) is 1.65. The molecule has 0 aromatic carbocycles. The molecule has 4 nitrogen and oxygen atoms in total. The summed E-state index contributed by atoms with van der Waals surface area (Å²) in [7, 11) is 0. The van der Waals surface area contributed by atoms with Gasteiger partial charge in [0, 0.05) is 31.0 Å². The van der Waals surface area contributed by atoms with E-state index in [9.17, 15) is 9.59 Å². The molecule has 2 aliphatic heterocycles. The number of piperidine rings is 1. The van der Waals surface area contributed by atoms with Gasteiger partial charge >= 0.3 is 0 Å². The largest absolute Gasteiger partial charge is 0.337 e. The Labute approximate surface area is 115 Å². The summed E-state index contributed by atoms with van der Waals surface area (Å²) < 4.78 is 0. The van der Waals surface area contributed by atoms with Crippen LogP contribution in [0.1, 0.15) is 46.0 Å². The first-order valence-electron chi connectivity index (χ1n) is 7.56. The van der Waals surface area contributed by atoms with E-state index in [1.807, 2.05) is 4.90 Å². The standard InChI is InChI=1S/C15H24N2O2/c1-15(2)10-17(14(15)11-6-7-11)13(19)9-16-8-4-3-5-12(16)18/h11,14H,3-10H2,1-2H3. The first-order chi connectivity index (χ1) is 8.99. The van der Waals surface area contributed by atoms with Crippen LogP contribution in [-0.2, 0) is 9.59 Å². The van der Waals surface area contributed by atoms with Crippen molar-refractivity contribution in [1.82, 2.24) is 9.80 Å². The molecular formula is C15H24N2O2. The highest BCUT2D eigenvalue weighted by atomic mass is 16.2. The number of nitrogens with zero attached hydrogens (tertiary/aromatic N) is 2. The number of likely N-dealkylation sites (tertiary alicyclic amines) is 2. The molecule has 3 rings (SSSR count). The van der Waals surface area contributed by atoms with Crippen molar-refractivity contribution in [3.05, 3.63) is 0 Å². The van der Waals surface area contributed by atoms with Gasteiger partial charge in [-0.3, -0.25) is 9.59 Å². The molecule has 1 aliphatic carbocycles. The Kier molecular flexibility index (Phi) is 3.06. The molecular weight excluding hydrogens is 240 g/mol. The van der Waals surface area contributed by atoms with Crippen LogP contribution in [0.5, 0.6) is 0 Å². The van der Waals surface area contributed by atoms with Gasteiger partial charge in [0.2, 0.25) is 11.8 Å². The SMILES string of the molecule is CC1(C)CN(C(=O)CN2CCCCC2=O)C1C1CC1. The third kappa shape index (κ3) is 2.37. The predicted molar refractivity (Wildman–Crippen MR) is 72.4 cm³/mol. The molecule has 19 heavy (non-hydrogen) atoms. The van der Waals surface area contributed by atoms with Crippen molar-refractivity contribution in [1.29, 1.82) is 0 Å². The highest BCUT2D eigenvalue weighted by molar-refractivity contribution is 5.86. The molecule has 2 amide bonds. The van der Waals surface area contributed by atoms with E-state index >= 15 is 0 Å². The Morgan fingerprint density at radius 2 is 2.05 bits per heavy atom. The Morgan fingerprint density at radius 1 is 1.32 bits per heavy atom. The van der Waals surface area contributed by atoms with E-state index in [-0.39, 0.29) is 17.2 Å². The summed E-state index contributed by atoms with van der Waals surface area (Å²) in [5.74, 6) is 1.03. The molecule has 0 radical (unpaired) electrons. The third-order valence-electron chi connectivity index (χ3n) is 4.85. The molecule has 0 N–H and O–H groups in total. The zero-order chi connectivity index (χ0) is 13.6. The maximum atomic E-state index is 12.4. The fraction of sp³-hybridized carbons (Fsp3) is 0.867. The Balaban J connectivity index is 1.60. The van der Waals surface area contributed by atoms with Crippen molar-refractivity contribution in [3.63, 3.8) is 0 Å². The maximum Gasteiger partial charge on any atom is 0.242 e. The van der Waals surface area contributed by atoms with E-state index in [4.69, 9.17) is 0 Å². The average molecular weight is 264 g/mol. The number of carbonyl (C=O) groups excluding carboxylic acids is 2. The van der Waals surface area contributed by atoms with Crippen LogP contribution in [0.15, 0.2) is 0 Å². The second-order valence-corrected chi connectivity index (χ2v) is 7.06. The molecule has 1 saturated carbocycles. The van der Waals surface area contributed by atoms with E-state index < -0.39 is 0 Å². The van der Waals surface area contributed by atoms with Crippen molar-refractivity contribution in [3.8, 4) is 0 Å². The summed E-state index contributed by atoms with van der Waals surface area (Å²) >= 11 is 0. The zero-order valence-corrected chi connectivity index (χ0v) is 12.0. The van der Waals surface area contributed by atoms with E-state index in [1.54, 1.807) is 4.90 Å². The third-order valence-corrected chi connectivity index (χ3v) is 4.85. The normalized spacial score (nSPS) is 30.2. The topological polar surface area (TPSA) is 40.6 Å². The molecule has 3 fully saturated rings. The van der Waals surface area contributed by atoms with E-state index in [0.717, 1.165) is 25.9 Å². The van der Waals surface area contributed by atoms with Crippen LogP contribution in [0.3, 0.4) is 0 Å². The number of carbonyl (C=O) groups is 2. The smallest absolute Gasteiger partial charge is 0.242 e. The van der Waals surface area contributed by atoms with E-state index in [2.05, 4.69) is 13.8 Å². The van der Waals surface area contributed by atoms with Gasteiger partial charge < -0.3 is 9.80 Å². The fourth-order valence-electron chi connectivity index (χ4n) is 3.77. The van der Waals surface area contributed by atoms with E-state index in [1.165, 1.54) is 12.8 Å². The molecule has 1 atom stereocenters. The minimum atomic E-state index is 0.155. The lowest BCUT2D eigenvalue weighted by molar-refractivity contribution is -0.157. The van der Waals surface area contributed by atoms with Gasteiger partial charge in [-0.1, -0.05) is 13.8 Å². The molecule has 106 valence electrons. The minimum Gasteiger partial charge on any atom is -0.337 e. The Morgan fingerprint density at radius 3 is 2.63 bits per heavy atom. The van der Waals surface area contributed by atoms with Crippen LogP contribution in [0, 0.1) is 11.3 Å². The summed E-state index contributed by atoms with van der Waals surface area (Å²) in [6.45, 7) is 6.43. The molecule has 2 heterocycles. The van der Waals surface area contributed by atoms with Crippen LogP contribution in [0.4, 0.5) is 0 Å². The van der Waals surface area contributed by atoms with Crippen molar-refractivity contribution >= 4 is 11.8 Å². The highest BCUT2D eigenvalue weighted by Crippen LogP contribution is 2.50. The van der Waals surface area contributed by atoms with Gasteiger partial charge in [-0.25, -0.2) is 0 Å². The van der Waals surface area contributed by atoms with Gasteiger partial charge in [-0.2, -0.15) is 0 Å². The van der Waals surface area contributed by atoms with E-state index in [0.29, 0.717) is 24.9 Å². The van der Waals surface area contributed by atoms with Crippen LogP contribution in [0.25, 0.3) is 0 Å². The summed E-state index contributed by atoms with van der Waals surface area (Å²) in [6, 6.07) is 0.417.